The zero-order chi connectivity index (χ0) is 8.97. The van der Waals surface area contributed by atoms with Gasteiger partial charge in [-0.15, -0.1) is 0 Å². The van der Waals surface area contributed by atoms with Gasteiger partial charge in [0.05, 0.1) is 6.61 Å². The van der Waals surface area contributed by atoms with Gasteiger partial charge in [0, 0.05) is 11.8 Å². The van der Waals surface area contributed by atoms with Gasteiger partial charge in [-0.3, -0.25) is 0 Å². The van der Waals surface area contributed by atoms with Gasteiger partial charge < -0.3 is 10.5 Å². The zero-order valence-electron chi connectivity index (χ0n) is 7.63. The summed E-state index contributed by atoms with van der Waals surface area (Å²) in [6, 6.07) is 5.85. The van der Waals surface area contributed by atoms with E-state index in [1.807, 2.05) is 25.1 Å². The lowest BCUT2D eigenvalue weighted by Gasteiger charge is -2.06. The molecule has 66 valence electrons. The second-order valence-electron chi connectivity index (χ2n) is 2.65. The molecule has 2 N–H and O–H groups in total. The van der Waals surface area contributed by atoms with Crippen LogP contribution in [0.2, 0.25) is 0 Å². The summed E-state index contributed by atoms with van der Waals surface area (Å²) >= 11 is 0. The third-order valence-corrected chi connectivity index (χ3v) is 1.81. The molecule has 2 nitrogen and oxygen atoms in total. The van der Waals surface area contributed by atoms with E-state index in [4.69, 9.17) is 10.5 Å². The van der Waals surface area contributed by atoms with Crippen molar-refractivity contribution >= 4 is 5.69 Å². The predicted molar refractivity (Wildman–Crippen MR) is 51.4 cm³/mol. The summed E-state index contributed by atoms with van der Waals surface area (Å²) < 4.78 is 5.31. The highest BCUT2D eigenvalue weighted by atomic mass is 16.5. The van der Waals surface area contributed by atoms with Crippen LogP contribution in [-0.4, -0.2) is 6.61 Å². The molecule has 0 aliphatic rings. The van der Waals surface area contributed by atoms with Gasteiger partial charge in [-0.2, -0.15) is 0 Å². The molecule has 12 heavy (non-hydrogen) atoms. The molecule has 1 rings (SSSR count). The highest BCUT2D eigenvalue weighted by molar-refractivity contribution is 5.51. The highest BCUT2D eigenvalue weighted by Crippen LogP contribution is 2.19. The number of nitrogens with two attached hydrogens (primary N) is 1. The first-order valence-electron chi connectivity index (χ1n) is 4.29. The van der Waals surface area contributed by atoms with Gasteiger partial charge >= 0.3 is 0 Å². The third kappa shape index (κ3) is 1.91. The summed E-state index contributed by atoms with van der Waals surface area (Å²) in [5, 5.41) is 0. The van der Waals surface area contributed by atoms with Crippen molar-refractivity contribution < 1.29 is 4.74 Å². The van der Waals surface area contributed by atoms with E-state index >= 15 is 0 Å². The summed E-state index contributed by atoms with van der Waals surface area (Å²) in [6.45, 7) is 4.74. The van der Waals surface area contributed by atoms with Crippen molar-refractivity contribution in [3.8, 4) is 5.75 Å². The summed E-state index contributed by atoms with van der Waals surface area (Å²) in [6.07, 6.45) is 0.970. The Morgan fingerprint density at radius 1 is 1.33 bits per heavy atom. The molecule has 0 aliphatic heterocycles. The van der Waals surface area contributed by atoms with Crippen LogP contribution >= 0.6 is 0 Å². The number of rotatable bonds is 3. The molecule has 1 aromatic carbocycles. The molecule has 0 aliphatic carbocycles. The largest absolute Gasteiger partial charge is 0.494 e. The van der Waals surface area contributed by atoms with Crippen LogP contribution in [-0.2, 0) is 6.42 Å². The van der Waals surface area contributed by atoms with Gasteiger partial charge in [0.25, 0.3) is 0 Å². The molecular weight excluding hydrogens is 150 g/mol. The highest BCUT2D eigenvalue weighted by Gasteiger charge is 1.98. The fourth-order valence-electron chi connectivity index (χ4n) is 1.15. The van der Waals surface area contributed by atoms with E-state index in [2.05, 4.69) is 6.92 Å². The lowest BCUT2D eigenvalue weighted by Crippen LogP contribution is -1.96. The molecule has 0 spiro atoms. The normalized spacial score (nSPS) is 9.83. The number of aryl methyl sites for hydroxylation is 1. The van der Waals surface area contributed by atoms with Crippen LogP contribution in [0.1, 0.15) is 19.4 Å². The molecule has 0 unspecified atom stereocenters. The molecule has 2 heteroatoms. The Kier molecular flexibility index (Phi) is 2.97. The minimum atomic E-state index is 0.685. The molecule has 0 bridgehead atoms. The molecule has 0 radical (unpaired) electrons. The van der Waals surface area contributed by atoms with E-state index in [-0.39, 0.29) is 0 Å². The lowest BCUT2D eigenvalue weighted by molar-refractivity contribution is 0.340. The van der Waals surface area contributed by atoms with Crippen molar-refractivity contribution in [1.29, 1.82) is 0 Å². The maximum absolute atomic E-state index is 5.78. The maximum atomic E-state index is 5.78. The van der Waals surface area contributed by atoms with Gasteiger partial charge in [0.1, 0.15) is 5.75 Å². The van der Waals surface area contributed by atoms with Crippen molar-refractivity contribution in [3.63, 3.8) is 0 Å². The average Bonchev–Trinajstić information content (AvgIpc) is 2.05. The van der Waals surface area contributed by atoms with Crippen LogP contribution in [0.25, 0.3) is 0 Å². The Bertz CT molecular complexity index is 258. The number of anilines is 1. The topological polar surface area (TPSA) is 35.2 Å². The van der Waals surface area contributed by atoms with E-state index in [0.29, 0.717) is 6.61 Å². The van der Waals surface area contributed by atoms with Gasteiger partial charge in [-0.1, -0.05) is 13.0 Å². The van der Waals surface area contributed by atoms with Crippen molar-refractivity contribution in [2.24, 2.45) is 0 Å². The van der Waals surface area contributed by atoms with Gasteiger partial charge in [0.15, 0.2) is 0 Å². The number of hydrogen-bond acceptors (Lipinski definition) is 2. The SMILES string of the molecule is CCOc1ccc(CC)c(N)c1. The monoisotopic (exact) mass is 165 g/mol. The number of nitrogen functional groups attached to an aromatic ring is 1. The summed E-state index contributed by atoms with van der Waals surface area (Å²) in [5.74, 6) is 0.854. The van der Waals surface area contributed by atoms with Crippen molar-refractivity contribution in [2.45, 2.75) is 20.3 Å². The molecule has 0 amide bonds. The van der Waals surface area contributed by atoms with Crippen LogP contribution in [0, 0.1) is 0 Å². The van der Waals surface area contributed by atoms with Gasteiger partial charge in [0.2, 0.25) is 0 Å². The van der Waals surface area contributed by atoms with Crippen molar-refractivity contribution in [1.82, 2.24) is 0 Å². The smallest absolute Gasteiger partial charge is 0.121 e. The van der Waals surface area contributed by atoms with Gasteiger partial charge in [-0.05, 0) is 25.0 Å². The first kappa shape index (κ1) is 8.91. The minimum absolute atomic E-state index is 0.685. The van der Waals surface area contributed by atoms with E-state index in [0.717, 1.165) is 17.9 Å². The number of ether oxygens (including phenoxy) is 1. The van der Waals surface area contributed by atoms with Crippen LogP contribution < -0.4 is 10.5 Å². The Labute approximate surface area is 73.3 Å². The molecule has 0 saturated carbocycles. The lowest BCUT2D eigenvalue weighted by atomic mass is 10.1. The first-order valence-corrected chi connectivity index (χ1v) is 4.29. The third-order valence-electron chi connectivity index (χ3n) is 1.81. The van der Waals surface area contributed by atoms with Crippen LogP contribution in [0.5, 0.6) is 5.75 Å². The Morgan fingerprint density at radius 3 is 2.58 bits per heavy atom. The predicted octanol–water partition coefficient (Wildman–Crippen LogP) is 2.23. The van der Waals surface area contributed by atoms with E-state index in [1.54, 1.807) is 0 Å². The molecule has 1 aromatic rings. The summed E-state index contributed by atoms with van der Waals surface area (Å²) in [4.78, 5) is 0. The molecule has 0 fully saturated rings. The van der Waals surface area contributed by atoms with Gasteiger partial charge in [-0.25, -0.2) is 0 Å². The van der Waals surface area contributed by atoms with E-state index in [9.17, 15) is 0 Å². The zero-order valence-corrected chi connectivity index (χ0v) is 7.63. The minimum Gasteiger partial charge on any atom is -0.494 e. The summed E-state index contributed by atoms with van der Waals surface area (Å²) in [5.41, 5.74) is 7.78. The fraction of sp³-hybridized carbons (Fsp3) is 0.400. The molecule has 0 atom stereocenters. The van der Waals surface area contributed by atoms with E-state index < -0.39 is 0 Å². The summed E-state index contributed by atoms with van der Waals surface area (Å²) in [7, 11) is 0. The van der Waals surface area contributed by atoms with E-state index in [1.165, 1.54) is 5.56 Å². The standard InChI is InChI=1S/C10H15NO/c1-3-8-5-6-9(12-4-2)7-10(8)11/h5-7H,3-4,11H2,1-2H3. The molecular formula is C10H15NO. The second kappa shape index (κ2) is 4.00. The Balaban J connectivity index is 2.86. The van der Waals surface area contributed by atoms with Crippen LogP contribution in [0.15, 0.2) is 18.2 Å². The van der Waals surface area contributed by atoms with Crippen LogP contribution in [0.3, 0.4) is 0 Å². The molecule has 0 aromatic heterocycles. The number of benzene rings is 1. The quantitative estimate of drug-likeness (QED) is 0.697. The molecule has 0 saturated heterocycles. The Morgan fingerprint density at radius 2 is 2.08 bits per heavy atom. The van der Waals surface area contributed by atoms with Crippen molar-refractivity contribution in [3.05, 3.63) is 23.8 Å². The first-order chi connectivity index (χ1) is 5.77. The van der Waals surface area contributed by atoms with Crippen LogP contribution in [0.4, 0.5) is 5.69 Å². The number of hydrogen-bond donors (Lipinski definition) is 1. The van der Waals surface area contributed by atoms with Crippen molar-refractivity contribution in [2.75, 3.05) is 12.3 Å². The molecule has 0 heterocycles. The second-order valence-corrected chi connectivity index (χ2v) is 2.65. The fourth-order valence-corrected chi connectivity index (χ4v) is 1.15. The maximum Gasteiger partial charge on any atom is 0.121 e. The Hall–Kier alpha value is -1.18. The average molecular weight is 165 g/mol.